The lowest BCUT2D eigenvalue weighted by Crippen LogP contribution is -1.76. The first-order valence-corrected chi connectivity index (χ1v) is 5.97. The Bertz CT molecular complexity index is 659. The summed E-state index contributed by atoms with van der Waals surface area (Å²) in [7, 11) is 0. The van der Waals surface area contributed by atoms with Crippen LogP contribution in [0, 0.1) is 6.92 Å². The molecule has 0 spiro atoms. The fourth-order valence-electron chi connectivity index (χ4n) is 1.56. The zero-order valence-electron chi connectivity index (χ0n) is 8.40. The summed E-state index contributed by atoms with van der Waals surface area (Å²) in [5, 5.41) is 3.23. The van der Waals surface area contributed by atoms with E-state index in [4.69, 9.17) is 16.0 Å². The molecule has 0 radical (unpaired) electrons. The van der Waals surface area contributed by atoms with E-state index in [0.717, 1.165) is 21.7 Å². The highest BCUT2D eigenvalue weighted by Gasteiger charge is 2.07. The molecular weight excluding hydrogens is 244 g/mol. The van der Waals surface area contributed by atoms with E-state index in [2.05, 4.69) is 9.97 Å². The van der Waals surface area contributed by atoms with Gasteiger partial charge < -0.3 is 4.42 Å². The molecule has 0 bridgehead atoms. The van der Waals surface area contributed by atoms with E-state index in [-0.39, 0.29) is 0 Å². The predicted molar refractivity (Wildman–Crippen MR) is 64.9 cm³/mol. The number of nitrogens with zero attached hydrogens (tertiary/aromatic N) is 2. The van der Waals surface area contributed by atoms with Crippen molar-refractivity contribution >= 4 is 34.0 Å². The molecule has 0 atom stereocenters. The molecule has 3 rings (SSSR count). The lowest BCUT2D eigenvalue weighted by atomic mass is 10.2. The van der Waals surface area contributed by atoms with Crippen molar-refractivity contribution in [3.63, 3.8) is 0 Å². The number of hydrogen-bond donors (Lipinski definition) is 0. The summed E-state index contributed by atoms with van der Waals surface area (Å²) in [6, 6.07) is 5.82. The predicted octanol–water partition coefficient (Wildman–Crippen LogP) is 3.91. The Morgan fingerprint density at radius 2 is 2.19 bits per heavy atom. The molecule has 5 heteroatoms. The zero-order chi connectivity index (χ0) is 11.1. The summed E-state index contributed by atoms with van der Waals surface area (Å²) < 4.78 is 5.41. The van der Waals surface area contributed by atoms with Crippen molar-refractivity contribution in [3.05, 3.63) is 34.6 Å². The van der Waals surface area contributed by atoms with Crippen molar-refractivity contribution in [2.75, 3.05) is 0 Å². The Labute approximate surface area is 101 Å². The Morgan fingerprint density at radius 3 is 2.94 bits per heavy atom. The molecule has 3 aromatic rings. The monoisotopic (exact) mass is 250 g/mol. The van der Waals surface area contributed by atoms with Crippen LogP contribution in [0.4, 0.5) is 0 Å². The maximum absolute atomic E-state index is 5.80. The number of rotatable bonds is 1. The Balaban J connectivity index is 2.17. The molecule has 0 aliphatic heterocycles. The van der Waals surface area contributed by atoms with Crippen molar-refractivity contribution in [3.8, 4) is 10.6 Å². The van der Waals surface area contributed by atoms with Crippen molar-refractivity contribution in [2.45, 2.75) is 6.92 Å². The van der Waals surface area contributed by atoms with E-state index in [0.29, 0.717) is 11.0 Å². The van der Waals surface area contributed by atoms with E-state index in [1.165, 1.54) is 11.3 Å². The van der Waals surface area contributed by atoms with Gasteiger partial charge in [0.25, 0.3) is 0 Å². The maximum Gasteiger partial charge on any atom is 0.192 e. The molecule has 0 unspecified atom stereocenters. The van der Waals surface area contributed by atoms with Crippen LogP contribution in [0.5, 0.6) is 0 Å². The van der Waals surface area contributed by atoms with Gasteiger partial charge in [0, 0.05) is 17.9 Å². The molecule has 0 amide bonds. The van der Waals surface area contributed by atoms with Gasteiger partial charge in [0.05, 0.1) is 0 Å². The molecule has 0 aliphatic carbocycles. The highest BCUT2D eigenvalue weighted by Crippen LogP contribution is 2.28. The summed E-state index contributed by atoms with van der Waals surface area (Å²) in [6.07, 6.45) is 0. The Kier molecular flexibility index (Phi) is 2.19. The van der Waals surface area contributed by atoms with Gasteiger partial charge in [-0.15, -0.1) is 11.3 Å². The first kappa shape index (κ1) is 9.81. The number of benzene rings is 1. The highest BCUT2D eigenvalue weighted by molar-refractivity contribution is 7.13. The number of hydrogen-bond acceptors (Lipinski definition) is 4. The van der Waals surface area contributed by atoms with Crippen LogP contribution < -0.4 is 0 Å². The Hall–Kier alpha value is -1.39. The van der Waals surface area contributed by atoms with Crippen LogP contribution in [0.15, 0.2) is 28.0 Å². The van der Waals surface area contributed by atoms with Gasteiger partial charge in [-0.3, -0.25) is 0 Å². The number of aryl methyl sites for hydroxylation is 1. The van der Waals surface area contributed by atoms with Crippen molar-refractivity contribution < 1.29 is 4.42 Å². The summed E-state index contributed by atoms with van der Waals surface area (Å²) in [4.78, 5) is 8.50. The van der Waals surface area contributed by atoms with Gasteiger partial charge in [-0.25, -0.2) is 9.97 Å². The van der Waals surface area contributed by atoms with Crippen molar-refractivity contribution in [1.82, 2.24) is 9.97 Å². The lowest BCUT2D eigenvalue weighted by molar-refractivity contribution is 0.561. The molecular formula is C11H7ClN2OS. The molecule has 0 saturated carbocycles. The SMILES string of the molecule is Cc1nc2cc(-c3nc(Cl)cs3)ccc2o1. The third-order valence-corrected chi connectivity index (χ3v) is 3.43. The van der Waals surface area contributed by atoms with Crippen LogP contribution in [0.3, 0.4) is 0 Å². The number of fused-ring (bicyclic) bond motifs is 1. The van der Waals surface area contributed by atoms with E-state index in [9.17, 15) is 0 Å². The smallest absolute Gasteiger partial charge is 0.192 e. The number of thiazole rings is 1. The van der Waals surface area contributed by atoms with Crippen LogP contribution in [0.1, 0.15) is 5.89 Å². The molecule has 0 N–H and O–H groups in total. The molecule has 16 heavy (non-hydrogen) atoms. The third kappa shape index (κ3) is 1.60. The quantitative estimate of drug-likeness (QED) is 0.657. The molecule has 2 heterocycles. The summed E-state index contributed by atoms with van der Waals surface area (Å²) in [5.41, 5.74) is 2.66. The van der Waals surface area contributed by atoms with Gasteiger partial charge in [0.1, 0.15) is 15.7 Å². The normalized spacial score (nSPS) is 11.1. The second-order valence-electron chi connectivity index (χ2n) is 3.39. The number of aromatic nitrogens is 2. The lowest BCUT2D eigenvalue weighted by Gasteiger charge is -1.94. The summed E-state index contributed by atoms with van der Waals surface area (Å²) >= 11 is 7.31. The minimum atomic E-state index is 0.524. The van der Waals surface area contributed by atoms with E-state index in [1.807, 2.05) is 30.5 Å². The Morgan fingerprint density at radius 1 is 1.31 bits per heavy atom. The second-order valence-corrected chi connectivity index (χ2v) is 4.64. The second kappa shape index (κ2) is 3.57. The zero-order valence-corrected chi connectivity index (χ0v) is 9.97. The maximum atomic E-state index is 5.80. The summed E-state index contributed by atoms with van der Waals surface area (Å²) in [6.45, 7) is 1.83. The van der Waals surface area contributed by atoms with Crippen LogP contribution in [-0.2, 0) is 0 Å². The van der Waals surface area contributed by atoms with Crippen molar-refractivity contribution in [2.24, 2.45) is 0 Å². The molecule has 1 aromatic carbocycles. The first-order valence-electron chi connectivity index (χ1n) is 4.71. The van der Waals surface area contributed by atoms with Crippen LogP contribution >= 0.6 is 22.9 Å². The van der Waals surface area contributed by atoms with Gasteiger partial charge in [0.2, 0.25) is 0 Å². The fraction of sp³-hybridized carbons (Fsp3) is 0.0909. The number of halogens is 1. The van der Waals surface area contributed by atoms with E-state index in [1.54, 1.807) is 0 Å². The van der Waals surface area contributed by atoms with Gasteiger partial charge in [-0.2, -0.15) is 0 Å². The van der Waals surface area contributed by atoms with Gasteiger partial charge in [0.15, 0.2) is 11.5 Å². The summed E-state index contributed by atoms with van der Waals surface area (Å²) in [5.74, 6) is 0.671. The standard InChI is InChI=1S/C11H7ClN2OS/c1-6-13-8-4-7(2-3-9(8)15-6)11-14-10(12)5-16-11/h2-5H,1H3. The average molecular weight is 251 g/mol. The minimum absolute atomic E-state index is 0.524. The van der Waals surface area contributed by atoms with Crippen LogP contribution in [0.25, 0.3) is 21.7 Å². The topological polar surface area (TPSA) is 38.9 Å². The average Bonchev–Trinajstić information content (AvgIpc) is 2.81. The molecule has 80 valence electrons. The largest absolute Gasteiger partial charge is 0.441 e. The minimum Gasteiger partial charge on any atom is -0.441 e. The highest BCUT2D eigenvalue weighted by atomic mass is 35.5. The molecule has 3 nitrogen and oxygen atoms in total. The molecule has 0 saturated heterocycles. The molecule has 0 aliphatic rings. The number of oxazole rings is 1. The van der Waals surface area contributed by atoms with Crippen LogP contribution in [-0.4, -0.2) is 9.97 Å². The van der Waals surface area contributed by atoms with Crippen LogP contribution in [0.2, 0.25) is 5.15 Å². The van der Waals surface area contributed by atoms with E-state index < -0.39 is 0 Å². The van der Waals surface area contributed by atoms with Gasteiger partial charge in [-0.05, 0) is 18.2 Å². The van der Waals surface area contributed by atoms with Gasteiger partial charge in [-0.1, -0.05) is 11.6 Å². The first-order chi connectivity index (χ1) is 7.72. The molecule has 2 aromatic heterocycles. The fourth-order valence-corrected chi connectivity index (χ4v) is 2.51. The van der Waals surface area contributed by atoms with Crippen molar-refractivity contribution in [1.29, 1.82) is 0 Å². The van der Waals surface area contributed by atoms with Gasteiger partial charge >= 0.3 is 0 Å². The third-order valence-electron chi connectivity index (χ3n) is 2.22. The molecule has 0 fully saturated rings. The van der Waals surface area contributed by atoms with E-state index >= 15 is 0 Å².